The van der Waals surface area contributed by atoms with Crippen molar-refractivity contribution < 1.29 is 4.74 Å². The molecule has 0 spiro atoms. The molecule has 2 aromatic heterocycles. The van der Waals surface area contributed by atoms with Crippen molar-refractivity contribution in [2.45, 2.75) is 38.6 Å². The molecule has 6 heteroatoms. The van der Waals surface area contributed by atoms with Gasteiger partial charge in [-0.25, -0.2) is 4.98 Å². The number of rotatable bonds is 3. The molecule has 1 aliphatic rings. The molecule has 2 aromatic rings. The number of halogens is 1. The van der Waals surface area contributed by atoms with Gasteiger partial charge in [-0.05, 0) is 26.7 Å². The Morgan fingerprint density at radius 2 is 2.05 bits per heavy atom. The molecular formula is C14H21ClN4O. The summed E-state index contributed by atoms with van der Waals surface area (Å²) >= 11 is 5.97. The van der Waals surface area contributed by atoms with E-state index in [-0.39, 0.29) is 5.54 Å². The molecule has 0 aromatic carbocycles. The Morgan fingerprint density at radius 3 is 2.70 bits per heavy atom. The van der Waals surface area contributed by atoms with Crippen molar-refractivity contribution in [3.8, 4) is 0 Å². The fraction of sp³-hybridized carbons (Fsp3) is 0.714. The molecule has 3 rings (SSSR count). The molecule has 5 nitrogen and oxygen atoms in total. The minimum absolute atomic E-state index is 0.0363. The lowest BCUT2D eigenvalue weighted by molar-refractivity contribution is 0.0296. The van der Waals surface area contributed by atoms with Crippen LogP contribution in [0.2, 0.25) is 0 Å². The third kappa shape index (κ3) is 2.04. The minimum atomic E-state index is 0.0363. The lowest BCUT2D eigenvalue weighted by Crippen LogP contribution is -2.38. The zero-order chi connectivity index (χ0) is 14.3. The van der Waals surface area contributed by atoms with Gasteiger partial charge in [0.05, 0.1) is 5.69 Å². The predicted octanol–water partition coefficient (Wildman–Crippen LogP) is 2.39. The first-order chi connectivity index (χ1) is 9.57. The van der Waals surface area contributed by atoms with Gasteiger partial charge in [-0.15, -0.1) is 11.6 Å². The highest BCUT2D eigenvalue weighted by Gasteiger charge is 2.34. The van der Waals surface area contributed by atoms with Crippen LogP contribution in [-0.4, -0.2) is 38.4 Å². The Kier molecular flexibility index (Phi) is 3.50. The van der Waals surface area contributed by atoms with E-state index in [9.17, 15) is 0 Å². The number of fused-ring (bicyclic) bond motifs is 1. The van der Waals surface area contributed by atoms with E-state index in [1.54, 1.807) is 0 Å². The molecule has 20 heavy (non-hydrogen) atoms. The van der Waals surface area contributed by atoms with Crippen LogP contribution in [0.3, 0.4) is 0 Å². The predicted molar refractivity (Wildman–Crippen MR) is 79.4 cm³/mol. The van der Waals surface area contributed by atoms with E-state index in [0.717, 1.165) is 55.2 Å². The van der Waals surface area contributed by atoms with Crippen molar-refractivity contribution in [1.82, 2.24) is 19.3 Å². The first-order valence-electron chi connectivity index (χ1n) is 7.12. The molecule has 0 radical (unpaired) electrons. The fourth-order valence-corrected chi connectivity index (χ4v) is 3.34. The van der Waals surface area contributed by atoms with E-state index in [0.29, 0.717) is 5.88 Å². The molecule has 0 N–H and O–H groups in total. The van der Waals surface area contributed by atoms with E-state index in [1.165, 1.54) is 0 Å². The van der Waals surface area contributed by atoms with Gasteiger partial charge in [-0.1, -0.05) is 0 Å². The van der Waals surface area contributed by atoms with Gasteiger partial charge < -0.3 is 9.30 Å². The maximum atomic E-state index is 5.97. The second kappa shape index (κ2) is 5.04. The Hall–Kier alpha value is -1.07. The molecule has 0 aliphatic carbocycles. The standard InChI is InChI=1S/C14H21ClN4O/c1-10-12-13(18(3)17-10)19(11(16-12)4-7-15)14(2)5-8-20-9-6-14/h4-9H2,1-3H3. The number of aryl methyl sites for hydroxylation is 3. The Morgan fingerprint density at radius 1 is 1.35 bits per heavy atom. The summed E-state index contributed by atoms with van der Waals surface area (Å²) in [5.41, 5.74) is 3.12. The van der Waals surface area contributed by atoms with Crippen LogP contribution < -0.4 is 0 Å². The maximum absolute atomic E-state index is 5.97. The van der Waals surface area contributed by atoms with Crippen LogP contribution >= 0.6 is 11.6 Å². The molecule has 1 fully saturated rings. The van der Waals surface area contributed by atoms with Crippen molar-refractivity contribution in [2.24, 2.45) is 7.05 Å². The minimum Gasteiger partial charge on any atom is -0.381 e. The van der Waals surface area contributed by atoms with Gasteiger partial charge in [0.1, 0.15) is 11.3 Å². The summed E-state index contributed by atoms with van der Waals surface area (Å²) in [7, 11) is 1.99. The van der Waals surface area contributed by atoms with Crippen LogP contribution in [0.1, 0.15) is 31.3 Å². The molecule has 0 amide bonds. The number of ether oxygens (including phenoxy) is 1. The smallest absolute Gasteiger partial charge is 0.159 e. The summed E-state index contributed by atoms with van der Waals surface area (Å²) in [6, 6.07) is 0. The summed E-state index contributed by atoms with van der Waals surface area (Å²) in [4.78, 5) is 4.80. The van der Waals surface area contributed by atoms with Gasteiger partial charge >= 0.3 is 0 Å². The van der Waals surface area contributed by atoms with Crippen molar-refractivity contribution in [3.63, 3.8) is 0 Å². The highest BCUT2D eigenvalue weighted by molar-refractivity contribution is 6.17. The van der Waals surface area contributed by atoms with Crippen molar-refractivity contribution in [2.75, 3.05) is 19.1 Å². The molecule has 110 valence electrons. The second-order valence-corrected chi connectivity index (χ2v) is 6.17. The Labute approximate surface area is 123 Å². The van der Waals surface area contributed by atoms with E-state index in [2.05, 4.69) is 16.6 Å². The molecule has 3 heterocycles. The van der Waals surface area contributed by atoms with Crippen LogP contribution in [0, 0.1) is 6.92 Å². The van der Waals surface area contributed by atoms with Crippen LogP contribution in [0.4, 0.5) is 0 Å². The Balaban J connectivity index is 2.22. The SMILES string of the molecule is Cc1nn(C)c2c1nc(CCCl)n2C1(C)CCOCC1. The molecule has 0 unspecified atom stereocenters. The monoisotopic (exact) mass is 296 g/mol. The summed E-state index contributed by atoms with van der Waals surface area (Å²) in [6.45, 7) is 5.90. The quantitative estimate of drug-likeness (QED) is 0.817. The lowest BCUT2D eigenvalue weighted by atomic mass is 9.92. The number of imidazole rings is 1. The molecule has 1 aliphatic heterocycles. The van der Waals surface area contributed by atoms with E-state index < -0.39 is 0 Å². The first kappa shape index (κ1) is 13.9. The van der Waals surface area contributed by atoms with Gasteiger partial charge in [0.2, 0.25) is 0 Å². The van der Waals surface area contributed by atoms with Crippen molar-refractivity contribution >= 4 is 22.8 Å². The van der Waals surface area contributed by atoms with Gasteiger partial charge in [-0.2, -0.15) is 5.10 Å². The third-order valence-electron chi connectivity index (χ3n) is 4.30. The van der Waals surface area contributed by atoms with Crippen molar-refractivity contribution in [1.29, 1.82) is 0 Å². The van der Waals surface area contributed by atoms with E-state index in [4.69, 9.17) is 21.3 Å². The second-order valence-electron chi connectivity index (χ2n) is 5.79. The highest BCUT2D eigenvalue weighted by Crippen LogP contribution is 2.34. The van der Waals surface area contributed by atoms with Crippen LogP contribution in [0.25, 0.3) is 11.2 Å². The summed E-state index contributed by atoms with van der Waals surface area (Å²) in [5, 5.41) is 4.51. The summed E-state index contributed by atoms with van der Waals surface area (Å²) in [5.74, 6) is 1.65. The lowest BCUT2D eigenvalue weighted by Gasteiger charge is -2.36. The molecule has 0 atom stereocenters. The first-order valence-corrected chi connectivity index (χ1v) is 7.65. The normalized spacial score (nSPS) is 18.8. The topological polar surface area (TPSA) is 44.9 Å². The molecule has 1 saturated heterocycles. The summed E-state index contributed by atoms with van der Waals surface area (Å²) < 4.78 is 9.82. The fourth-order valence-electron chi connectivity index (χ4n) is 3.17. The average molecular weight is 297 g/mol. The molecule has 0 bridgehead atoms. The van der Waals surface area contributed by atoms with Gasteiger partial charge in [0.15, 0.2) is 5.65 Å². The van der Waals surface area contributed by atoms with Crippen LogP contribution in [0.5, 0.6) is 0 Å². The average Bonchev–Trinajstić information content (AvgIpc) is 2.91. The third-order valence-corrected chi connectivity index (χ3v) is 4.49. The number of alkyl halides is 1. The number of aromatic nitrogens is 4. The summed E-state index contributed by atoms with van der Waals surface area (Å²) in [6.07, 6.45) is 2.78. The number of hydrogen-bond donors (Lipinski definition) is 0. The van der Waals surface area contributed by atoms with Crippen LogP contribution in [0.15, 0.2) is 0 Å². The Bertz CT molecular complexity index is 625. The largest absolute Gasteiger partial charge is 0.381 e. The zero-order valence-corrected chi connectivity index (χ0v) is 13.1. The molecular weight excluding hydrogens is 276 g/mol. The maximum Gasteiger partial charge on any atom is 0.159 e. The van der Waals surface area contributed by atoms with Crippen LogP contribution in [-0.2, 0) is 23.7 Å². The highest BCUT2D eigenvalue weighted by atomic mass is 35.5. The van der Waals surface area contributed by atoms with Crippen molar-refractivity contribution in [3.05, 3.63) is 11.5 Å². The zero-order valence-electron chi connectivity index (χ0n) is 12.3. The van der Waals surface area contributed by atoms with E-state index in [1.807, 2.05) is 18.7 Å². The van der Waals surface area contributed by atoms with E-state index >= 15 is 0 Å². The number of hydrogen-bond acceptors (Lipinski definition) is 3. The molecule has 0 saturated carbocycles. The van der Waals surface area contributed by atoms with Gasteiger partial charge in [0, 0.05) is 38.1 Å². The number of nitrogens with zero attached hydrogens (tertiary/aromatic N) is 4. The van der Waals surface area contributed by atoms with Gasteiger partial charge in [-0.3, -0.25) is 4.68 Å². The van der Waals surface area contributed by atoms with Gasteiger partial charge in [0.25, 0.3) is 0 Å².